The third-order valence-electron chi connectivity index (χ3n) is 3.24. The van der Waals surface area contributed by atoms with Crippen molar-refractivity contribution in [2.24, 2.45) is 5.92 Å². The lowest BCUT2D eigenvalue weighted by Crippen LogP contribution is -2.48. The zero-order valence-electron chi connectivity index (χ0n) is 13.0. The quantitative estimate of drug-likeness (QED) is 0.783. The maximum Gasteiger partial charge on any atom is 0.242 e. The number of benzene rings is 1. The molecule has 1 N–H and O–H groups in total. The Bertz CT molecular complexity index is 483. The van der Waals surface area contributed by atoms with Gasteiger partial charge in [-0.1, -0.05) is 50.3 Å². The zero-order valence-corrected chi connectivity index (χ0v) is 13.0. The Hall–Kier alpha value is -2.10. The van der Waals surface area contributed by atoms with Crippen LogP contribution in [0.4, 0.5) is 0 Å². The van der Waals surface area contributed by atoms with E-state index < -0.39 is 6.04 Å². The van der Waals surface area contributed by atoms with Crippen molar-refractivity contribution in [1.82, 2.24) is 10.2 Å². The molecule has 1 atom stereocenters. The summed E-state index contributed by atoms with van der Waals surface area (Å²) in [6.45, 7) is 9.84. The van der Waals surface area contributed by atoms with Crippen LogP contribution in [0.2, 0.25) is 0 Å². The number of hydrogen-bond donors (Lipinski definition) is 1. The van der Waals surface area contributed by atoms with Crippen molar-refractivity contribution in [2.75, 3.05) is 6.54 Å². The van der Waals surface area contributed by atoms with Crippen molar-refractivity contribution in [3.05, 3.63) is 48.6 Å². The van der Waals surface area contributed by atoms with Crippen molar-refractivity contribution in [2.45, 2.75) is 33.4 Å². The highest BCUT2D eigenvalue weighted by Crippen LogP contribution is 2.13. The molecule has 0 saturated carbocycles. The van der Waals surface area contributed by atoms with Crippen LogP contribution in [0, 0.1) is 5.92 Å². The fourth-order valence-corrected chi connectivity index (χ4v) is 1.98. The van der Waals surface area contributed by atoms with Crippen molar-refractivity contribution in [3.63, 3.8) is 0 Å². The van der Waals surface area contributed by atoms with Crippen LogP contribution in [-0.2, 0) is 16.1 Å². The highest BCUT2D eigenvalue weighted by molar-refractivity contribution is 5.88. The van der Waals surface area contributed by atoms with Gasteiger partial charge in [-0.05, 0) is 12.5 Å². The van der Waals surface area contributed by atoms with Crippen LogP contribution in [0.1, 0.15) is 26.3 Å². The molecule has 0 aliphatic carbocycles. The van der Waals surface area contributed by atoms with Gasteiger partial charge in [0.25, 0.3) is 0 Å². The van der Waals surface area contributed by atoms with Crippen LogP contribution in [0.25, 0.3) is 0 Å². The predicted octanol–water partition coefficient (Wildman–Crippen LogP) is 2.36. The van der Waals surface area contributed by atoms with Gasteiger partial charge in [0.1, 0.15) is 6.04 Å². The molecule has 0 saturated heterocycles. The van der Waals surface area contributed by atoms with Crippen molar-refractivity contribution >= 4 is 11.8 Å². The fourth-order valence-electron chi connectivity index (χ4n) is 1.98. The molecule has 0 bridgehead atoms. The average molecular weight is 288 g/mol. The minimum Gasteiger partial charge on any atom is -0.351 e. The summed E-state index contributed by atoms with van der Waals surface area (Å²) in [5.74, 6) is -0.344. The van der Waals surface area contributed by atoms with Gasteiger partial charge in [0.15, 0.2) is 0 Å². The maximum atomic E-state index is 12.4. The van der Waals surface area contributed by atoms with E-state index in [9.17, 15) is 9.59 Å². The Labute approximate surface area is 126 Å². The Morgan fingerprint density at radius 1 is 1.24 bits per heavy atom. The second-order valence-corrected chi connectivity index (χ2v) is 5.32. The van der Waals surface area contributed by atoms with E-state index >= 15 is 0 Å². The first-order chi connectivity index (χ1) is 9.97. The van der Waals surface area contributed by atoms with E-state index in [0.29, 0.717) is 13.1 Å². The normalized spacial score (nSPS) is 11.8. The molecule has 4 nitrogen and oxygen atoms in total. The van der Waals surface area contributed by atoms with Crippen LogP contribution < -0.4 is 5.32 Å². The molecule has 0 heterocycles. The van der Waals surface area contributed by atoms with E-state index in [1.807, 2.05) is 44.2 Å². The first-order valence-corrected chi connectivity index (χ1v) is 7.20. The van der Waals surface area contributed by atoms with Crippen molar-refractivity contribution in [3.8, 4) is 0 Å². The van der Waals surface area contributed by atoms with E-state index in [2.05, 4.69) is 11.9 Å². The lowest BCUT2D eigenvalue weighted by Gasteiger charge is -2.30. The molecule has 114 valence electrons. The number of amides is 2. The van der Waals surface area contributed by atoms with Gasteiger partial charge < -0.3 is 10.2 Å². The van der Waals surface area contributed by atoms with Crippen LogP contribution >= 0.6 is 0 Å². The first kappa shape index (κ1) is 17.0. The van der Waals surface area contributed by atoms with E-state index in [1.165, 1.54) is 0 Å². The van der Waals surface area contributed by atoms with Gasteiger partial charge in [-0.2, -0.15) is 0 Å². The molecule has 1 rings (SSSR count). The Kier molecular flexibility index (Phi) is 6.66. The summed E-state index contributed by atoms with van der Waals surface area (Å²) in [6.07, 6.45) is 1.62. The molecular weight excluding hydrogens is 264 g/mol. The SMILES string of the molecule is C=CCNC(=O)[C@H](C)N(Cc1ccccc1)C(=O)C(C)C. The zero-order chi connectivity index (χ0) is 15.8. The second kappa shape index (κ2) is 8.25. The molecule has 0 radical (unpaired) electrons. The molecule has 0 aliphatic heterocycles. The maximum absolute atomic E-state index is 12.4. The van der Waals surface area contributed by atoms with Crippen LogP contribution in [0.3, 0.4) is 0 Å². The van der Waals surface area contributed by atoms with Gasteiger partial charge >= 0.3 is 0 Å². The molecule has 21 heavy (non-hydrogen) atoms. The Morgan fingerprint density at radius 2 is 1.86 bits per heavy atom. The van der Waals surface area contributed by atoms with Crippen molar-refractivity contribution < 1.29 is 9.59 Å². The van der Waals surface area contributed by atoms with Crippen LogP contribution in [-0.4, -0.2) is 29.3 Å². The summed E-state index contributed by atoms with van der Waals surface area (Å²) in [5, 5.41) is 2.74. The molecule has 1 aromatic rings. The number of nitrogens with zero attached hydrogens (tertiary/aromatic N) is 1. The third-order valence-corrected chi connectivity index (χ3v) is 3.24. The number of nitrogens with one attached hydrogen (secondary N) is 1. The largest absolute Gasteiger partial charge is 0.351 e. The van der Waals surface area contributed by atoms with Gasteiger partial charge in [-0.15, -0.1) is 6.58 Å². The molecule has 0 aromatic heterocycles. The smallest absolute Gasteiger partial charge is 0.242 e. The topological polar surface area (TPSA) is 49.4 Å². The summed E-state index contributed by atoms with van der Waals surface area (Å²) < 4.78 is 0. The fraction of sp³-hybridized carbons (Fsp3) is 0.412. The standard InChI is InChI=1S/C17H24N2O2/c1-5-11-18-16(20)14(4)19(17(21)13(2)3)12-15-9-7-6-8-10-15/h5-10,13-14H,1,11-12H2,2-4H3,(H,18,20)/t14-/m0/s1. The molecular formula is C17H24N2O2. The molecule has 0 aliphatic rings. The van der Waals surface area contributed by atoms with Gasteiger partial charge in [-0.3, -0.25) is 9.59 Å². The Morgan fingerprint density at radius 3 is 2.38 bits per heavy atom. The highest BCUT2D eigenvalue weighted by atomic mass is 16.2. The van der Waals surface area contributed by atoms with Gasteiger partial charge in [0.05, 0.1) is 0 Å². The lowest BCUT2D eigenvalue weighted by molar-refractivity contribution is -0.142. The average Bonchev–Trinajstić information content (AvgIpc) is 2.49. The second-order valence-electron chi connectivity index (χ2n) is 5.32. The molecule has 4 heteroatoms. The van der Waals surface area contributed by atoms with Crippen LogP contribution in [0.5, 0.6) is 0 Å². The minimum absolute atomic E-state index is 0.0277. The molecule has 0 unspecified atom stereocenters. The van der Waals surface area contributed by atoms with E-state index in [0.717, 1.165) is 5.56 Å². The summed E-state index contributed by atoms with van der Waals surface area (Å²) >= 11 is 0. The molecule has 1 aromatic carbocycles. The number of carbonyl (C=O) groups excluding carboxylic acids is 2. The highest BCUT2D eigenvalue weighted by Gasteiger charge is 2.27. The van der Waals surface area contributed by atoms with E-state index in [4.69, 9.17) is 0 Å². The Balaban J connectivity index is 2.88. The number of hydrogen-bond acceptors (Lipinski definition) is 2. The third kappa shape index (κ3) is 5.06. The molecule has 0 spiro atoms. The van der Waals surface area contributed by atoms with E-state index in [-0.39, 0.29) is 17.7 Å². The van der Waals surface area contributed by atoms with E-state index in [1.54, 1.807) is 17.9 Å². The summed E-state index contributed by atoms with van der Waals surface area (Å²) in [7, 11) is 0. The molecule has 2 amide bonds. The predicted molar refractivity (Wildman–Crippen MR) is 84.5 cm³/mol. The lowest BCUT2D eigenvalue weighted by atomic mass is 10.1. The molecule has 0 fully saturated rings. The van der Waals surface area contributed by atoms with Crippen molar-refractivity contribution in [1.29, 1.82) is 0 Å². The summed E-state index contributed by atoms with van der Waals surface area (Å²) in [6, 6.07) is 9.17. The number of rotatable bonds is 7. The summed E-state index contributed by atoms with van der Waals surface area (Å²) in [5.41, 5.74) is 1.01. The van der Waals surface area contributed by atoms with Crippen LogP contribution in [0.15, 0.2) is 43.0 Å². The van der Waals surface area contributed by atoms with Gasteiger partial charge in [0, 0.05) is 19.0 Å². The minimum atomic E-state index is -0.514. The summed E-state index contributed by atoms with van der Waals surface area (Å²) in [4.78, 5) is 26.1. The monoisotopic (exact) mass is 288 g/mol. The number of carbonyl (C=O) groups is 2. The van der Waals surface area contributed by atoms with Gasteiger partial charge in [0.2, 0.25) is 11.8 Å². The first-order valence-electron chi connectivity index (χ1n) is 7.20. The van der Waals surface area contributed by atoms with Gasteiger partial charge in [-0.25, -0.2) is 0 Å².